The van der Waals surface area contributed by atoms with E-state index in [-0.39, 0.29) is 0 Å². The molecule has 2 radical (unpaired) electrons. The predicted octanol–water partition coefficient (Wildman–Crippen LogP) is 2.13. The molecule has 0 amide bonds. The zero-order valence-corrected chi connectivity index (χ0v) is 5.76. The summed E-state index contributed by atoms with van der Waals surface area (Å²) in [6.45, 7) is 0. The summed E-state index contributed by atoms with van der Waals surface area (Å²) in [6.07, 6.45) is -1.68. The van der Waals surface area contributed by atoms with E-state index in [1.807, 2.05) is 0 Å². The van der Waals surface area contributed by atoms with Gasteiger partial charge in [-0.25, -0.2) is 8.78 Å². The minimum atomic E-state index is -3.81. The van der Waals surface area contributed by atoms with Crippen LogP contribution in [0, 0.1) is 0 Å². The second-order valence-electron chi connectivity index (χ2n) is 1.55. The van der Waals surface area contributed by atoms with Crippen molar-refractivity contribution >= 4 is 23.8 Å². The minimum Gasteiger partial charge on any atom is -0.219 e. The average Bonchev–Trinajstić information content (AvgIpc) is 1.14. The first kappa shape index (κ1) is 9.26. The zero-order valence-electron chi connectivity index (χ0n) is 4.17. The van der Waals surface area contributed by atoms with Gasteiger partial charge in [-0.15, -0.1) is 0 Å². The van der Waals surface area contributed by atoms with E-state index in [9.17, 15) is 17.6 Å². The van der Waals surface area contributed by atoms with Crippen molar-refractivity contribution in [2.75, 3.05) is 0 Å². The van der Waals surface area contributed by atoms with Gasteiger partial charge in [0.2, 0.25) is 5.82 Å². The van der Waals surface area contributed by atoms with Crippen LogP contribution < -0.4 is 0 Å². The Morgan fingerprint density at radius 3 is 1.56 bits per heavy atom. The van der Waals surface area contributed by atoms with Gasteiger partial charge in [0.25, 0.3) is 0 Å². The number of hydrogen-bond acceptors (Lipinski definition) is 0. The van der Waals surface area contributed by atoms with Crippen molar-refractivity contribution in [3.8, 4) is 0 Å². The lowest BCUT2D eigenvalue weighted by molar-refractivity contribution is -0.00374. The normalized spacial score (nSPS) is 13.9. The third-order valence-corrected chi connectivity index (χ3v) is 0.717. The SMILES string of the molecule is [B]C(F)(F)CC(F)(F)Br. The largest absolute Gasteiger partial charge is 0.306 e. The van der Waals surface area contributed by atoms with Crippen molar-refractivity contribution in [2.24, 2.45) is 0 Å². The van der Waals surface area contributed by atoms with Gasteiger partial charge < -0.3 is 0 Å². The molecule has 0 heterocycles. The molecule has 0 saturated carbocycles. The Bertz CT molecular complexity index is 81.0. The summed E-state index contributed by atoms with van der Waals surface area (Å²) in [4.78, 5) is -3.58. The predicted molar refractivity (Wildman–Crippen MR) is 29.2 cm³/mol. The third-order valence-electron chi connectivity index (χ3n) is 0.436. The molecule has 0 fully saturated rings. The Hall–Kier alpha value is 0.265. The van der Waals surface area contributed by atoms with Crippen molar-refractivity contribution < 1.29 is 17.6 Å². The van der Waals surface area contributed by atoms with E-state index in [4.69, 9.17) is 0 Å². The zero-order chi connectivity index (χ0) is 7.71. The third kappa shape index (κ3) is 8.26. The Kier molecular flexibility index (Phi) is 2.55. The molecule has 0 aromatic carbocycles. The fourth-order valence-electron chi connectivity index (χ4n) is 0.267. The molecule has 6 heteroatoms. The lowest BCUT2D eigenvalue weighted by Crippen LogP contribution is -2.24. The molecule has 0 atom stereocenters. The Labute approximate surface area is 59.2 Å². The molecule has 0 aromatic rings. The van der Waals surface area contributed by atoms with Gasteiger partial charge in [0.1, 0.15) is 0 Å². The highest BCUT2D eigenvalue weighted by molar-refractivity contribution is 9.10. The Morgan fingerprint density at radius 2 is 1.56 bits per heavy atom. The summed E-state index contributed by atoms with van der Waals surface area (Å²) in [5, 5.41) is 0. The first-order chi connectivity index (χ1) is 3.71. The molecule has 0 aliphatic carbocycles. The highest BCUT2D eigenvalue weighted by Gasteiger charge is 2.36. The average molecular weight is 205 g/mol. The molecule has 9 heavy (non-hydrogen) atoms. The van der Waals surface area contributed by atoms with Crippen LogP contribution in [-0.2, 0) is 0 Å². The van der Waals surface area contributed by atoms with E-state index in [0.29, 0.717) is 0 Å². The summed E-state index contributed by atoms with van der Waals surface area (Å²) in [5.41, 5.74) is 0. The van der Waals surface area contributed by atoms with Crippen LogP contribution in [0.15, 0.2) is 0 Å². The van der Waals surface area contributed by atoms with Gasteiger partial charge in [-0.3, -0.25) is 0 Å². The molecule has 0 unspecified atom stereocenters. The van der Waals surface area contributed by atoms with Gasteiger partial charge in [-0.1, -0.05) is 0 Å². The number of rotatable bonds is 2. The van der Waals surface area contributed by atoms with Crippen LogP contribution in [0.4, 0.5) is 17.6 Å². The molecule has 0 N–H and O–H groups in total. The molecule has 0 bridgehead atoms. The van der Waals surface area contributed by atoms with Crippen molar-refractivity contribution in [2.45, 2.75) is 17.1 Å². The van der Waals surface area contributed by atoms with Gasteiger partial charge >= 0.3 is 4.83 Å². The van der Waals surface area contributed by atoms with Gasteiger partial charge in [-0.2, -0.15) is 8.78 Å². The number of alkyl halides is 5. The standard InChI is InChI=1S/C3H2BBrF4/c4-2(6,7)1-3(5,8)9/h1H2. The minimum absolute atomic E-state index is 1.68. The summed E-state index contributed by atoms with van der Waals surface area (Å²) in [7, 11) is 3.98. The van der Waals surface area contributed by atoms with Gasteiger partial charge in [-0.05, 0) is 15.9 Å². The fraction of sp³-hybridized carbons (Fsp3) is 1.00. The highest BCUT2D eigenvalue weighted by atomic mass is 79.9. The van der Waals surface area contributed by atoms with E-state index < -0.39 is 17.1 Å². The molecule has 0 saturated heterocycles. The van der Waals surface area contributed by atoms with E-state index in [2.05, 4.69) is 7.85 Å². The molecule has 0 nitrogen and oxygen atoms in total. The second kappa shape index (κ2) is 2.48. The van der Waals surface area contributed by atoms with Crippen molar-refractivity contribution in [1.82, 2.24) is 0 Å². The van der Waals surface area contributed by atoms with E-state index >= 15 is 0 Å². The molecule has 0 rings (SSSR count). The molecular weight excluding hydrogens is 203 g/mol. The molecule has 52 valence electrons. The summed E-state index contributed by atoms with van der Waals surface area (Å²) in [6, 6.07) is 0. The van der Waals surface area contributed by atoms with E-state index in [0.717, 1.165) is 0 Å². The summed E-state index contributed by atoms with van der Waals surface area (Å²) in [5.74, 6) is -3.81. The van der Waals surface area contributed by atoms with Crippen LogP contribution in [0.5, 0.6) is 0 Å². The highest BCUT2D eigenvalue weighted by Crippen LogP contribution is 2.32. The van der Waals surface area contributed by atoms with E-state index in [1.165, 1.54) is 0 Å². The maximum atomic E-state index is 11.6. The quantitative estimate of drug-likeness (QED) is 0.367. The number of hydrogen-bond donors (Lipinski definition) is 0. The van der Waals surface area contributed by atoms with Crippen LogP contribution in [0.1, 0.15) is 6.42 Å². The molecule has 0 spiro atoms. The lowest BCUT2D eigenvalue weighted by atomic mass is 9.96. The topological polar surface area (TPSA) is 0 Å². The van der Waals surface area contributed by atoms with Crippen molar-refractivity contribution in [3.05, 3.63) is 0 Å². The monoisotopic (exact) mass is 204 g/mol. The molecule has 0 aliphatic rings. The fourth-order valence-corrected chi connectivity index (χ4v) is 0.641. The van der Waals surface area contributed by atoms with Gasteiger partial charge in [0.15, 0.2) is 7.85 Å². The Morgan fingerprint density at radius 1 is 1.22 bits per heavy atom. The van der Waals surface area contributed by atoms with E-state index in [1.54, 1.807) is 15.9 Å². The summed E-state index contributed by atoms with van der Waals surface area (Å²) >= 11 is 1.72. The van der Waals surface area contributed by atoms with Gasteiger partial charge in [0, 0.05) is 0 Å². The van der Waals surface area contributed by atoms with Crippen molar-refractivity contribution in [1.29, 1.82) is 0 Å². The smallest absolute Gasteiger partial charge is 0.219 e. The summed E-state index contributed by atoms with van der Waals surface area (Å²) < 4.78 is 46.1. The molecule has 0 aliphatic heterocycles. The maximum absolute atomic E-state index is 11.6. The van der Waals surface area contributed by atoms with Crippen LogP contribution in [0.3, 0.4) is 0 Å². The first-order valence-electron chi connectivity index (χ1n) is 1.94. The number of halogens is 5. The molecule has 0 aromatic heterocycles. The lowest BCUT2D eigenvalue weighted by Gasteiger charge is -2.14. The first-order valence-corrected chi connectivity index (χ1v) is 2.73. The van der Waals surface area contributed by atoms with Crippen molar-refractivity contribution in [3.63, 3.8) is 0 Å². The van der Waals surface area contributed by atoms with Crippen LogP contribution in [0.2, 0.25) is 0 Å². The van der Waals surface area contributed by atoms with Crippen LogP contribution >= 0.6 is 15.9 Å². The van der Waals surface area contributed by atoms with Gasteiger partial charge in [0.05, 0.1) is 6.42 Å². The second-order valence-corrected chi connectivity index (χ2v) is 2.71. The van der Waals surface area contributed by atoms with Crippen LogP contribution in [-0.4, -0.2) is 18.5 Å². The Balaban J connectivity index is 3.75. The maximum Gasteiger partial charge on any atom is 0.306 e. The molecular formula is C3H2BBrF4. The van der Waals surface area contributed by atoms with Crippen LogP contribution in [0.25, 0.3) is 0 Å².